The predicted molar refractivity (Wildman–Crippen MR) is 48.2 cm³/mol. The molecule has 1 rings (SSSR count). The summed E-state index contributed by atoms with van der Waals surface area (Å²) in [6.45, 7) is 0. The van der Waals surface area contributed by atoms with E-state index in [-0.39, 0.29) is 0 Å². The maximum Gasteiger partial charge on any atom is 0.337 e. The minimum Gasteiger partial charge on any atom is -0.465 e. The highest BCUT2D eigenvalue weighted by molar-refractivity contribution is 6.45. The van der Waals surface area contributed by atoms with Crippen molar-refractivity contribution in [1.29, 1.82) is 0 Å². The monoisotopic (exact) mass is 180 g/mol. The van der Waals surface area contributed by atoms with E-state index in [1.807, 2.05) is 0 Å². The van der Waals surface area contributed by atoms with Crippen LogP contribution in [-0.2, 0) is 4.74 Å². The standard InChI is InChI=1S/C8H6BClO2/c1-12-8(11)5-2-3-6(9)7(10)4-5/h2-4H,1H3. The van der Waals surface area contributed by atoms with Crippen molar-refractivity contribution in [3.05, 3.63) is 28.8 Å². The Balaban J connectivity index is 3.05. The predicted octanol–water partition coefficient (Wildman–Crippen LogP) is 0.920. The number of halogens is 1. The molecule has 0 fully saturated rings. The summed E-state index contributed by atoms with van der Waals surface area (Å²) in [6, 6.07) is 4.60. The number of carbonyl (C=O) groups is 1. The zero-order valence-electron chi connectivity index (χ0n) is 6.50. The molecular weight excluding hydrogens is 174 g/mol. The molecule has 0 aliphatic heterocycles. The summed E-state index contributed by atoms with van der Waals surface area (Å²) in [6.07, 6.45) is 0. The molecule has 12 heavy (non-hydrogen) atoms. The summed E-state index contributed by atoms with van der Waals surface area (Å²) < 4.78 is 4.49. The number of ether oxygens (including phenoxy) is 1. The molecule has 1 aromatic carbocycles. The fourth-order valence-electron chi connectivity index (χ4n) is 0.772. The second-order valence-corrected chi connectivity index (χ2v) is 2.64. The average molecular weight is 180 g/mol. The van der Waals surface area contributed by atoms with E-state index < -0.39 is 5.97 Å². The first kappa shape index (κ1) is 9.14. The van der Waals surface area contributed by atoms with Crippen molar-refractivity contribution in [2.45, 2.75) is 0 Å². The first-order valence-corrected chi connectivity index (χ1v) is 3.66. The molecule has 0 bridgehead atoms. The molecule has 0 saturated carbocycles. The Morgan fingerprint density at radius 3 is 2.75 bits per heavy atom. The van der Waals surface area contributed by atoms with Crippen LogP contribution in [0.3, 0.4) is 0 Å². The molecule has 0 aliphatic carbocycles. The minimum absolute atomic E-state index is 0.359. The smallest absolute Gasteiger partial charge is 0.337 e. The van der Waals surface area contributed by atoms with E-state index in [9.17, 15) is 4.79 Å². The van der Waals surface area contributed by atoms with Gasteiger partial charge in [-0.25, -0.2) is 4.79 Å². The molecule has 0 spiro atoms. The lowest BCUT2D eigenvalue weighted by Gasteiger charge is -2.01. The van der Waals surface area contributed by atoms with Gasteiger partial charge in [-0.15, -0.1) is 0 Å². The third-order valence-corrected chi connectivity index (χ3v) is 1.75. The van der Waals surface area contributed by atoms with Crippen LogP contribution in [0.5, 0.6) is 0 Å². The summed E-state index contributed by atoms with van der Waals surface area (Å²) in [5.74, 6) is -0.420. The number of hydrogen-bond donors (Lipinski definition) is 0. The molecule has 0 aromatic heterocycles. The van der Waals surface area contributed by atoms with Crippen LogP contribution in [-0.4, -0.2) is 20.9 Å². The van der Waals surface area contributed by atoms with Gasteiger partial charge in [-0.1, -0.05) is 23.1 Å². The largest absolute Gasteiger partial charge is 0.465 e. The Kier molecular flexibility index (Phi) is 2.76. The summed E-state index contributed by atoms with van der Waals surface area (Å²) in [4.78, 5) is 11.0. The molecular formula is C8H6BClO2. The van der Waals surface area contributed by atoms with Gasteiger partial charge in [0.1, 0.15) is 7.85 Å². The number of hydrogen-bond acceptors (Lipinski definition) is 2. The Labute approximate surface area is 76.9 Å². The molecule has 2 radical (unpaired) electrons. The molecule has 0 aliphatic rings. The molecule has 2 nitrogen and oxygen atoms in total. The topological polar surface area (TPSA) is 26.3 Å². The van der Waals surface area contributed by atoms with Crippen LogP contribution in [0.25, 0.3) is 0 Å². The summed E-state index contributed by atoms with van der Waals surface area (Å²) in [7, 11) is 6.76. The van der Waals surface area contributed by atoms with Crippen LogP contribution in [0.1, 0.15) is 10.4 Å². The normalized spacial score (nSPS) is 9.50. The van der Waals surface area contributed by atoms with Crippen LogP contribution < -0.4 is 5.46 Å². The Morgan fingerprint density at radius 1 is 1.58 bits per heavy atom. The van der Waals surface area contributed by atoms with Gasteiger partial charge in [0.25, 0.3) is 0 Å². The highest BCUT2D eigenvalue weighted by Gasteiger charge is 2.05. The highest BCUT2D eigenvalue weighted by atomic mass is 35.5. The highest BCUT2D eigenvalue weighted by Crippen LogP contribution is 2.08. The van der Waals surface area contributed by atoms with Gasteiger partial charge in [0, 0.05) is 5.02 Å². The number of methoxy groups -OCH3 is 1. The van der Waals surface area contributed by atoms with Crippen molar-refractivity contribution < 1.29 is 9.53 Å². The fourth-order valence-corrected chi connectivity index (χ4v) is 0.952. The van der Waals surface area contributed by atoms with Gasteiger partial charge in [-0.2, -0.15) is 0 Å². The molecule has 0 saturated heterocycles. The summed E-state index contributed by atoms with van der Waals surface area (Å²) in [5.41, 5.74) is 0.848. The summed E-state index contributed by atoms with van der Waals surface area (Å²) in [5, 5.41) is 0.359. The van der Waals surface area contributed by atoms with Crippen molar-refractivity contribution in [1.82, 2.24) is 0 Å². The Bertz CT molecular complexity index is 312. The lowest BCUT2D eigenvalue weighted by molar-refractivity contribution is 0.0601. The molecule has 1 aromatic rings. The molecule has 60 valence electrons. The van der Waals surface area contributed by atoms with Gasteiger partial charge in [-0.3, -0.25) is 0 Å². The second-order valence-electron chi connectivity index (χ2n) is 2.23. The zero-order chi connectivity index (χ0) is 9.14. The van der Waals surface area contributed by atoms with Gasteiger partial charge in [0.05, 0.1) is 12.7 Å². The van der Waals surface area contributed by atoms with Crippen LogP contribution in [0.4, 0.5) is 0 Å². The first-order valence-electron chi connectivity index (χ1n) is 3.28. The third-order valence-electron chi connectivity index (χ3n) is 1.42. The maximum absolute atomic E-state index is 11.0. The molecule has 4 heteroatoms. The molecule has 0 unspecified atom stereocenters. The van der Waals surface area contributed by atoms with E-state index in [1.54, 1.807) is 12.1 Å². The van der Waals surface area contributed by atoms with E-state index >= 15 is 0 Å². The summed E-state index contributed by atoms with van der Waals surface area (Å²) >= 11 is 5.68. The van der Waals surface area contributed by atoms with Crippen molar-refractivity contribution in [2.75, 3.05) is 7.11 Å². The second kappa shape index (κ2) is 3.63. The third kappa shape index (κ3) is 1.80. The number of carbonyl (C=O) groups excluding carboxylic acids is 1. The van der Waals surface area contributed by atoms with Crippen molar-refractivity contribution >= 4 is 30.9 Å². The van der Waals surface area contributed by atoms with Gasteiger partial charge in [0.15, 0.2) is 0 Å². The van der Waals surface area contributed by atoms with Gasteiger partial charge >= 0.3 is 5.97 Å². The molecule has 0 amide bonds. The van der Waals surface area contributed by atoms with E-state index in [0.717, 1.165) is 0 Å². The van der Waals surface area contributed by atoms with Crippen molar-refractivity contribution in [3.8, 4) is 0 Å². The molecule has 0 heterocycles. The van der Waals surface area contributed by atoms with Gasteiger partial charge in [-0.05, 0) is 12.1 Å². The molecule has 0 N–H and O–H groups in total. The lowest BCUT2D eigenvalue weighted by Crippen LogP contribution is -2.07. The van der Waals surface area contributed by atoms with Crippen molar-refractivity contribution in [3.63, 3.8) is 0 Å². The zero-order valence-corrected chi connectivity index (χ0v) is 7.26. The van der Waals surface area contributed by atoms with Crippen LogP contribution in [0, 0.1) is 0 Å². The van der Waals surface area contributed by atoms with Gasteiger partial charge in [0.2, 0.25) is 0 Å². The average Bonchev–Trinajstić information content (AvgIpc) is 2.08. The van der Waals surface area contributed by atoms with Crippen LogP contribution >= 0.6 is 11.6 Å². The SMILES string of the molecule is [B]c1ccc(C(=O)OC)cc1Cl. The van der Waals surface area contributed by atoms with E-state index in [0.29, 0.717) is 16.0 Å². The van der Waals surface area contributed by atoms with Gasteiger partial charge < -0.3 is 4.74 Å². The van der Waals surface area contributed by atoms with Crippen LogP contribution in [0.2, 0.25) is 5.02 Å². The molecule has 0 atom stereocenters. The van der Waals surface area contributed by atoms with Crippen molar-refractivity contribution in [2.24, 2.45) is 0 Å². The Morgan fingerprint density at radius 2 is 2.25 bits per heavy atom. The van der Waals surface area contributed by atoms with E-state index in [2.05, 4.69) is 4.74 Å². The first-order chi connectivity index (χ1) is 5.65. The number of esters is 1. The lowest BCUT2D eigenvalue weighted by atomic mass is 9.95. The number of rotatable bonds is 1. The quantitative estimate of drug-likeness (QED) is 0.474. The van der Waals surface area contributed by atoms with Crippen LogP contribution in [0.15, 0.2) is 18.2 Å². The fraction of sp³-hybridized carbons (Fsp3) is 0.125. The maximum atomic E-state index is 11.0. The van der Waals surface area contributed by atoms with E-state index in [1.165, 1.54) is 13.2 Å². The Hall–Kier alpha value is -0.955. The van der Waals surface area contributed by atoms with E-state index in [4.69, 9.17) is 19.4 Å². The number of benzene rings is 1. The minimum atomic E-state index is -0.420.